The molecule has 2 aromatic heterocycles. The first kappa shape index (κ1) is 23.6. The van der Waals surface area contributed by atoms with Gasteiger partial charge in [0.2, 0.25) is 5.88 Å². The summed E-state index contributed by atoms with van der Waals surface area (Å²) >= 11 is 0. The van der Waals surface area contributed by atoms with Gasteiger partial charge in [0.15, 0.2) is 11.6 Å². The minimum absolute atomic E-state index is 0.181. The van der Waals surface area contributed by atoms with Gasteiger partial charge in [-0.2, -0.15) is 0 Å². The number of aromatic nitrogens is 2. The molecule has 0 spiro atoms. The molecule has 1 aliphatic heterocycles. The monoisotopic (exact) mass is 438 g/mol. The van der Waals surface area contributed by atoms with Crippen molar-refractivity contribution in [2.75, 3.05) is 51.3 Å². The summed E-state index contributed by atoms with van der Waals surface area (Å²) in [5, 5.41) is 10.8. The van der Waals surface area contributed by atoms with E-state index in [1.54, 1.807) is 13.2 Å². The molecule has 1 N–H and O–H groups in total. The van der Waals surface area contributed by atoms with Gasteiger partial charge in [-0.15, -0.1) is 0 Å². The highest BCUT2D eigenvalue weighted by Crippen LogP contribution is 2.26. The zero-order valence-electron chi connectivity index (χ0n) is 19.3. The highest BCUT2D eigenvalue weighted by atomic mass is 16.5. The quantitative estimate of drug-likeness (QED) is 0.524. The summed E-state index contributed by atoms with van der Waals surface area (Å²) in [5.41, 5.74) is 0.581. The molecule has 3 aromatic rings. The van der Waals surface area contributed by atoms with Crippen LogP contribution in [-0.4, -0.2) is 66.4 Å². The van der Waals surface area contributed by atoms with E-state index >= 15 is 0 Å². The van der Waals surface area contributed by atoms with Crippen LogP contribution < -0.4 is 14.4 Å². The summed E-state index contributed by atoms with van der Waals surface area (Å²) < 4.78 is 11.2. The lowest BCUT2D eigenvalue weighted by molar-refractivity contribution is 0.236. The molecule has 0 saturated carbocycles. The fraction of sp³-hybridized carbons (Fsp3) is 0.440. The number of hydrogen-bond acceptors (Lipinski definition) is 7. The number of nitrogens with zero attached hydrogens (tertiary/aromatic N) is 4. The molecule has 1 saturated heterocycles. The number of para-hydroxylation sites is 1. The number of benzene rings is 1. The van der Waals surface area contributed by atoms with Crippen LogP contribution in [0.4, 0.5) is 5.82 Å². The Kier molecular flexibility index (Phi) is 8.92. The van der Waals surface area contributed by atoms with E-state index in [9.17, 15) is 5.11 Å². The standard InChI is InChI=1S/C23H28N4O3.C2H6/c1-29-20-8-5-11-24-23(20)27-15-13-26(14-16-27)12-2-3-17-30-21-10-9-18-6-4-7-19(28)22(18)25-21;1-2/h4-11,28H,2-3,12-17H2,1H3;1-2H3. The van der Waals surface area contributed by atoms with E-state index in [-0.39, 0.29) is 5.75 Å². The minimum atomic E-state index is 0.181. The second-order valence-corrected chi connectivity index (χ2v) is 7.41. The molecule has 3 heterocycles. The van der Waals surface area contributed by atoms with Crippen molar-refractivity contribution in [3.8, 4) is 17.4 Å². The van der Waals surface area contributed by atoms with Crippen LogP contribution in [0.1, 0.15) is 26.7 Å². The molecule has 0 radical (unpaired) electrons. The SMILES string of the molecule is CC.COc1cccnc1N1CCN(CCCCOc2ccc3cccc(O)c3n2)CC1. The number of unbranched alkanes of at least 4 members (excludes halogenated alkanes) is 1. The predicted molar refractivity (Wildman–Crippen MR) is 129 cm³/mol. The van der Waals surface area contributed by atoms with Gasteiger partial charge < -0.3 is 19.5 Å². The number of phenolic OH excluding ortho intramolecular Hbond substituents is 1. The second-order valence-electron chi connectivity index (χ2n) is 7.41. The van der Waals surface area contributed by atoms with Crippen molar-refractivity contribution in [1.29, 1.82) is 0 Å². The Hall–Kier alpha value is -3.06. The van der Waals surface area contributed by atoms with E-state index in [1.807, 2.05) is 56.4 Å². The number of fused-ring (bicyclic) bond motifs is 1. The fourth-order valence-corrected chi connectivity index (χ4v) is 3.77. The number of methoxy groups -OCH3 is 1. The Morgan fingerprint density at radius 1 is 0.969 bits per heavy atom. The Labute approximate surface area is 190 Å². The maximum atomic E-state index is 9.93. The number of rotatable bonds is 8. The molecular formula is C25H34N4O3. The molecule has 1 aliphatic rings. The molecule has 7 nitrogen and oxygen atoms in total. The molecule has 0 bridgehead atoms. The van der Waals surface area contributed by atoms with E-state index in [2.05, 4.69) is 19.8 Å². The van der Waals surface area contributed by atoms with E-state index in [1.165, 1.54) is 0 Å². The molecular weight excluding hydrogens is 404 g/mol. The lowest BCUT2D eigenvalue weighted by Crippen LogP contribution is -2.47. The third-order valence-corrected chi connectivity index (χ3v) is 5.43. The lowest BCUT2D eigenvalue weighted by atomic mass is 10.2. The molecule has 1 fully saturated rings. The molecule has 0 amide bonds. The maximum Gasteiger partial charge on any atom is 0.213 e. The average molecular weight is 439 g/mol. The topological polar surface area (TPSA) is 71.0 Å². The van der Waals surface area contributed by atoms with E-state index in [0.29, 0.717) is 18.0 Å². The maximum absolute atomic E-state index is 9.93. The van der Waals surface area contributed by atoms with Crippen LogP contribution in [0.5, 0.6) is 17.4 Å². The number of hydrogen-bond donors (Lipinski definition) is 1. The number of aromatic hydroxyl groups is 1. The molecule has 0 unspecified atom stereocenters. The first-order chi connectivity index (χ1) is 15.7. The zero-order chi connectivity index (χ0) is 22.8. The fourth-order valence-electron chi connectivity index (χ4n) is 3.77. The summed E-state index contributed by atoms with van der Waals surface area (Å²) in [7, 11) is 1.69. The predicted octanol–water partition coefficient (Wildman–Crippen LogP) is 4.35. The smallest absolute Gasteiger partial charge is 0.213 e. The Morgan fingerprint density at radius 2 is 1.78 bits per heavy atom. The summed E-state index contributed by atoms with van der Waals surface area (Å²) in [4.78, 5) is 13.7. The summed E-state index contributed by atoms with van der Waals surface area (Å²) in [6.45, 7) is 9.63. The van der Waals surface area contributed by atoms with E-state index < -0.39 is 0 Å². The van der Waals surface area contributed by atoms with Crippen LogP contribution >= 0.6 is 0 Å². The Morgan fingerprint density at radius 3 is 2.56 bits per heavy atom. The number of piperazine rings is 1. The molecule has 7 heteroatoms. The third kappa shape index (κ3) is 6.01. The normalized spacial score (nSPS) is 14.0. The minimum Gasteiger partial charge on any atom is -0.506 e. The van der Waals surface area contributed by atoms with Gasteiger partial charge in [-0.05, 0) is 43.7 Å². The third-order valence-electron chi connectivity index (χ3n) is 5.43. The Balaban J connectivity index is 0.00000141. The van der Waals surface area contributed by atoms with Crippen LogP contribution in [0, 0.1) is 0 Å². The van der Waals surface area contributed by atoms with Gasteiger partial charge in [0.05, 0.1) is 13.7 Å². The van der Waals surface area contributed by atoms with Crippen molar-refractivity contribution in [2.24, 2.45) is 0 Å². The summed E-state index contributed by atoms with van der Waals surface area (Å²) in [6, 6.07) is 13.0. The van der Waals surface area contributed by atoms with Crippen molar-refractivity contribution in [2.45, 2.75) is 26.7 Å². The molecule has 4 rings (SSSR count). The number of phenols is 1. The van der Waals surface area contributed by atoms with Gasteiger partial charge >= 0.3 is 0 Å². The second kappa shape index (κ2) is 12.1. The van der Waals surface area contributed by atoms with Crippen LogP contribution in [0.25, 0.3) is 10.9 Å². The van der Waals surface area contributed by atoms with E-state index in [0.717, 1.165) is 62.5 Å². The highest BCUT2D eigenvalue weighted by molar-refractivity contribution is 5.84. The molecule has 172 valence electrons. The molecule has 0 atom stereocenters. The van der Waals surface area contributed by atoms with Gasteiger partial charge in [0, 0.05) is 43.8 Å². The van der Waals surface area contributed by atoms with Gasteiger partial charge in [-0.3, -0.25) is 4.90 Å². The van der Waals surface area contributed by atoms with Crippen molar-refractivity contribution < 1.29 is 14.6 Å². The lowest BCUT2D eigenvalue weighted by Gasteiger charge is -2.35. The Bertz CT molecular complexity index is 974. The van der Waals surface area contributed by atoms with Crippen LogP contribution in [0.3, 0.4) is 0 Å². The largest absolute Gasteiger partial charge is 0.506 e. The van der Waals surface area contributed by atoms with Crippen LogP contribution in [0.15, 0.2) is 48.7 Å². The summed E-state index contributed by atoms with van der Waals surface area (Å²) in [6.07, 6.45) is 3.86. The van der Waals surface area contributed by atoms with Gasteiger partial charge in [-0.1, -0.05) is 26.0 Å². The summed E-state index contributed by atoms with van der Waals surface area (Å²) in [5.74, 6) is 2.50. The zero-order valence-corrected chi connectivity index (χ0v) is 19.3. The van der Waals surface area contributed by atoms with Crippen LogP contribution in [-0.2, 0) is 0 Å². The van der Waals surface area contributed by atoms with Crippen molar-refractivity contribution in [1.82, 2.24) is 14.9 Å². The molecule has 1 aromatic carbocycles. The van der Waals surface area contributed by atoms with Gasteiger partial charge in [0.1, 0.15) is 11.3 Å². The first-order valence-corrected chi connectivity index (χ1v) is 11.4. The van der Waals surface area contributed by atoms with Crippen molar-refractivity contribution in [3.05, 3.63) is 48.7 Å². The number of pyridine rings is 2. The first-order valence-electron chi connectivity index (χ1n) is 11.4. The van der Waals surface area contributed by atoms with E-state index in [4.69, 9.17) is 9.47 Å². The van der Waals surface area contributed by atoms with Crippen LogP contribution in [0.2, 0.25) is 0 Å². The number of anilines is 1. The number of ether oxygens (including phenoxy) is 2. The van der Waals surface area contributed by atoms with Crippen molar-refractivity contribution in [3.63, 3.8) is 0 Å². The van der Waals surface area contributed by atoms with Gasteiger partial charge in [-0.25, -0.2) is 9.97 Å². The van der Waals surface area contributed by atoms with Crippen molar-refractivity contribution >= 4 is 16.7 Å². The van der Waals surface area contributed by atoms with Gasteiger partial charge in [0.25, 0.3) is 0 Å². The highest BCUT2D eigenvalue weighted by Gasteiger charge is 2.20. The molecule has 0 aliphatic carbocycles. The molecule has 32 heavy (non-hydrogen) atoms. The average Bonchev–Trinajstić information content (AvgIpc) is 2.86.